The lowest BCUT2D eigenvalue weighted by Crippen LogP contribution is -2.40. The van der Waals surface area contributed by atoms with Crippen molar-refractivity contribution in [2.75, 3.05) is 5.73 Å². The number of nitrogens with one attached hydrogen (secondary N) is 1. The second-order valence-electron chi connectivity index (χ2n) is 4.89. The fraction of sp³-hybridized carbons (Fsp3) is 0.286. The van der Waals surface area contributed by atoms with Gasteiger partial charge in [0.1, 0.15) is 0 Å². The number of carbonyl (C=O) groups is 1. The van der Waals surface area contributed by atoms with Gasteiger partial charge in [-0.1, -0.05) is 6.07 Å². The van der Waals surface area contributed by atoms with E-state index < -0.39 is 6.03 Å². The van der Waals surface area contributed by atoms with Crippen LogP contribution in [0.15, 0.2) is 29.1 Å². The van der Waals surface area contributed by atoms with Crippen molar-refractivity contribution in [3.05, 3.63) is 40.2 Å². The van der Waals surface area contributed by atoms with Crippen LogP contribution in [-0.4, -0.2) is 16.6 Å². The summed E-state index contributed by atoms with van der Waals surface area (Å²) in [5, 5.41) is 3.53. The van der Waals surface area contributed by atoms with Crippen LogP contribution in [0.25, 0.3) is 10.9 Å². The molecule has 3 N–H and O–H groups in total. The molecule has 2 aromatic rings. The number of aryl methyl sites for hydroxylation is 1. The zero-order valence-electron chi connectivity index (χ0n) is 11.2. The summed E-state index contributed by atoms with van der Waals surface area (Å²) in [6, 6.07) is 6.47. The summed E-state index contributed by atoms with van der Waals surface area (Å²) in [5.74, 6) is 0. The number of hydrogen-bond acceptors (Lipinski definition) is 3. The molecule has 1 aromatic carbocycles. The number of fused-ring (bicyclic) bond motifs is 1. The molecule has 0 aliphatic carbocycles. The summed E-state index contributed by atoms with van der Waals surface area (Å²) in [6.07, 6.45) is 0. The van der Waals surface area contributed by atoms with Crippen molar-refractivity contribution in [2.24, 2.45) is 0 Å². The molecule has 0 unspecified atom stereocenters. The fourth-order valence-corrected chi connectivity index (χ4v) is 1.97. The van der Waals surface area contributed by atoms with Crippen LogP contribution in [0.2, 0.25) is 0 Å². The van der Waals surface area contributed by atoms with Crippen LogP contribution in [-0.2, 0) is 0 Å². The Balaban J connectivity index is 2.76. The maximum Gasteiger partial charge on any atom is 0.329 e. The molecule has 1 heterocycles. The van der Waals surface area contributed by atoms with Crippen molar-refractivity contribution in [2.45, 2.75) is 26.8 Å². The Morgan fingerprint density at radius 1 is 1.32 bits per heavy atom. The third-order valence-electron chi connectivity index (χ3n) is 2.82. The molecule has 0 radical (unpaired) electrons. The van der Waals surface area contributed by atoms with E-state index in [0.29, 0.717) is 16.8 Å². The molecule has 0 atom stereocenters. The predicted molar refractivity (Wildman–Crippen MR) is 76.4 cm³/mol. The first kappa shape index (κ1) is 13.1. The molecule has 19 heavy (non-hydrogen) atoms. The van der Waals surface area contributed by atoms with Crippen molar-refractivity contribution >= 4 is 22.6 Å². The van der Waals surface area contributed by atoms with Crippen LogP contribution in [0.1, 0.15) is 19.4 Å². The summed E-state index contributed by atoms with van der Waals surface area (Å²) < 4.78 is 1.14. The molecule has 0 saturated heterocycles. The Labute approximate surface area is 111 Å². The Morgan fingerprint density at radius 2 is 2.00 bits per heavy atom. The van der Waals surface area contributed by atoms with Gasteiger partial charge in [0.15, 0.2) is 0 Å². The minimum Gasteiger partial charge on any atom is -0.399 e. The Kier molecular flexibility index (Phi) is 3.29. The van der Waals surface area contributed by atoms with Crippen LogP contribution < -0.4 is 16.6 Å². The number of amides is 1. The van der Waals surface area contributed by atoms with E-state index in [2.05, 4.69) is 5.32 Å². The highest BCUT2D eigenvalue weighted by molar-refractivity contribution is 5.92. The maximum atomic E-state index is 12.2. The average molecular weight is 259 g/mol. The zero-order valence-corrected chi connectivity index (χ0v) is 11.2. The molecule has 5 heteroatoms. The first-order valence-corrected chi connectivity index (χ1v) is 6.13. The van der Waals surface area contributed by atoms with Crippen molar-refractivity contribution in [3.63, 3.8) is 0 Å². The summed E-state index contributed by atoms with van der Waals surface area (Å²) in [6.45, 7) is 5.38. The molecular formula is C14H17N3O2. The topological polar surface area (TPSA) is 77.1 Å². The Morgan fingerprint density at radius 3 is 2.63 bits per heavy atom. The molecule has 5 nitrogen and oxygen atoms in total. The number of hydrogen-bond donors (Lipinski definition) is 2. The number of benzene rings is 1. The predicted octanol–water partition coefficient (Wildman–Crippen LogP) is 1.86. The van der Waals surface area contributed by atoms with E-state index in [1.54, 1.807) is 31.2 Å². The van der Waals surface area contributed by atoms with E-state index >= 15 is 0 Å². The summed E-state index contributed by atoms with van der Waals surface area (Å²) in [7, 11) is 0. The van der Waals surface area contributed by atoms with Crippen molar-refractivity contribution < 1.29 is 4.79 Å². The number of nitrogens with zero attached hydrogens (tertiary/aromatic N) is 1. The summed E-state index contributed by atoms with van der Waals surface area (Å²) >= 11 is 0. The third kappa shape index (κ3) is 2.45. The van der Waals surface area contributed by atoms with E-state index in [1.807, 2.05) is 13.8 Å². The molecule has 1 aromatic heterocycles. The highest BCUT2D eigenvalue weighted by Crippen LogP contribution is 2.16. The smallest absolute Gasteiger partial charge is 0.329 e. The molecular weight excluding hydrogens is 242 g/mol. The number of nitrogen functional groups attached to an aromatic ring is 1. The molecule has 0 spiro atoms. The second-order valence-corrected chi connectivity index (χ2v) is 4.89. The second kappa shape index (κ2) is 4.76. The number of aromatic nitrogens is 1. The number of nitrogens with two attached hydrogens (primary N) is 1. The normalized spacial score (nSPS) is 10.9. The monoisotopic (exact) mass is 259 g/mol. The van der Waals surface area contributed by atoms with Crippen LogP contribution in [0.3, 0.4) is 0 Å². The van der Waals surface area contributed by atoms with Gasteiger partial charge in [-0.15, -0.1) is 0 Å². The van der Waals surface area contributed by atoms with Gasteiger partial charge < -0.3 is 11.1 Å². The molecule has 0 aliphatic rings. The van der Waals surface area contributed by atoms with E-state index in [9.17, 15) is 9.59 Å². The standard InChI is InChI=1S/C14H17N3O2/c1-8(2)16-14(19)17-12-7-11(15)5-4-10(12)6-9(3)13(17)18/h4-8H,15H2,1-3H3,(H,16,19). The van der Waals surface area contributed by atoms with E-state index in [4.69, 9.17) is 5.73 Å². The van der Waals surface area contributed by atoms with Gasteiger partial charge in [0.2, 0.25) is 0 Å². The van der Waals surface area contributed by atoms with Gasteiger partial charge >= 0.3 is 6.03 Å². The van der Waals surface area contributed by atoms with Gasteiger partial charge in [-0.05, 0) is 44.4 Å². The van der Waals surface area contributed by atoms with Gasteiger partial charge in [-0.25, -0.2) is 9.36 Å². The number of carbonyl (C=O) groups excluding carboxylic acids is 1. The van der Waals surface area contributed by atoms with E-state index in [1.165, 1.54) is 0 Å². The molecule has 1 amide bonds. The largest absolute Gasteiger partial charge is 0.399 e. The van der Waals surface area contributed by atoms with Crippen LogP contribution in [0.5, 0.6) is 0 Å². The fourth-order valence-electron chi connectivity index (χ4n) is 1.97. The molecule has 0 saturated carbocycles. The van der Waals surface area contributed by atoms with Gasteiger partial charge in [0.25, 0.3) is 5.56 Å². The summed E-state index contributed by atoms with van der Waals surface area (Å²) in [5.41, 5.74) is 6.97. The van der Waals surface area contributed by atoms with Gasteiger partial charge in [0, 0.05) is 17.3 Å². The average Bonchev–Trinajstić information content (AvgIpc) is 2.30. The van der Waals surface area contributed by atoms with Crippen LogP contribution >= 0.6 is 0 Å². The van der Waals surface area contributed by atoms with Crippen molar-refractivity contribution in [1.82, 2.24) is 9.88 Å². The Hall–Kier alpha value is -2.30. The lowest BCUT2D eigenvalue weighted by atomic mass is 10.1. The lowest BCUT2D eigenvalue weighted by Gasteiger charge is -2.13. The minimum atomic E-state index is -0.431. The first-order valence-electron chi connectivity index (χ1n) is 6.13. The Bertz CT molecular complexity index is 702. The molecule has 0 bridgehead atoms. The highest BCUT2D eigenvalue weighted by atomic mass is 16.2. The van der Waals surface area contributed by atoms with Gasteiger partial charge in [-0.3, -0.25) is 4.79 Å². The highest BCUT2D eigenvalue weighted by Gasteiger charge is 2.14. The van der Waals surface area contributed by atoms with Crippen LogP contribution in [0, 0.1) is 6.92 Å². The summed E-state index contributed by atoms with van der Waals surface area (Å²) in [4.78, 5) is 24.3. The van der Waals surface area contributed by atoms with E-state index in [-0.39, 0.29) is 11.6 Å². The lowest BCUT2D eigenvalue weighted by molar-refractivity contribution is 0.240. The third-order valence-corrected chi connectivity index (χ3v) is 2.82. The molecule has 2 rings (SSSR count). The maximum absolute atomic E-state index is 12.2. The minimum absolute atomic E-state index is 0.0454. The quantitative estimate of drug-likeness (QED) is 0.767. The SMILES string of the molecule is Cc1cc2ccc(N)cc2n(C(=O)NC(C)C)c1=O. The van der Waals surface area contributed by atoms with E-state index in [0.717, 1.165) is 9.95 Å². The number of pyridine rings is 1. The number of anilines is 1. The first-order chi connectivity index (χ1) is 8.90. The molecule has 0 fully saturated rings. The number of rotatable bonds is 1. The molecule has 0 aliphatic heterocycles. The van der Waals surface area contributed by atoms with Gasteiger partial charge in [-0.2, -0.15) is 0 Å². The van der Waals surface area contributed by atoms with Crippen molar-refractivity contribution in [1.29, 1.82) is 0 Å². The van der Waals surface area contributed by atoms with Crippen molar-refractivity contribution in [3.8, 4) is 0 Å². The van der Waals surface area contributed by atoms with Crippen LogP contribution in [0.4, 0.5) is 10.5 Å². The van der Waals surface area contributed by atoms with Gasteiger partial charge in [0.05, 0.1) is 5.52 Å². The molecule has 100 valence electrons. The zero-order chi connectivity index (χ0) is 14.2.